The van der Waals surface area contributed by atoms with Crippen molar-refractivity contribution in [2.24, 2.45) is 0 Å². The fraction of sp³-hybridized carbons (Fsp3) is 0.294. The van der Waals surface area contributed by atoms with Crippen molar-refractivity contribution in [2.45, 2.75) is 26.7 Å². The lowest BCUT2D eigenvalue weighted by Gasteiger charge is -2.09. The van der Waals surface area contributed by atoms with Crippen LogP contribution in [0.2, 0.25) is 0 Å². The molecule has 0 fully saturated rings. The molecule has 0 unspecified atom stereocenters. The van der Waals surface area contributed by atoms with E-state index in [0.717, 1.165) is 11.3 Å². The molecule has 2 amide bonds. The Bertz CT molecular complexity index is 651. The monoisotopic (exact) mass is 316 g/mol. The highest BCUT2D eigenvalue weighted by Crippen LogP contribution is 2.16. The van der Waals surface area contributed by atoms with Crippen LogP contribution in [0.4, 0.5) is 5.69 Å². The van der Waals surface area contributed by atoms with E-state index < -0.39 is 0 Å². The molecule has 5 heteroatoms. The topological polar surface area (TPSA) is 58.2 Å². The molecule has 0 saturated heterocycles. The van der Waals surface area contributed by atoms with E-state index in [2.05, 4.69) is 10.6 Å². The maximum atomic E-state index is 11.9. The average Bonchev–Trinajstić information content (AvgIpc) is 3.01. The van der Waals surface area contributed by atoms with E-state index in [9.17, 15) is 9.59 Å². The van der Waals surface area contributed by atoms with Gasteiger partial charge in [-0.1, -0.05) is 17.7 Å². The predicted molar refractivity (Wildman–Crippen MR) is 90.4 cm³/mol. The second-order valence-corrected chi connectivity index (χ2v) is 6.02. The number of amides is 2. The van der Waals surface area contributed by atoms with Gasteiger partial charge in [-0.15, -0.1) is 0 Å². The van der Waals surface area contributed by atoms with Crippen LogP contribution in [0.5, 0.6) is 0 Å². The summed E-state index contributed by atoms with van der Waals surface area (Å²) in [4.78, 5) is 23.6. The Balaban J connectivity index is 1.71. The third-order valence-corrected chi connectivity index (χ3v) is 3.99. The quantitative estimate of drug-likeness (QED) is 0.801. The van der Waals surface area contributed by atoms with E-state index in [1.165, 1.54) is 16.9 Å². The van der Waals surface area contributed by atoms with Gasteiger partial charge in [0.25, 0.3) is 5.91 Å². The standard InChI is InChI=1S/C17H20N2O2S/c1-12-5-6-15(13(2)10-12)19-16(20)4-3-8-18-17(21)14-7-9-22-11-14/h5-7,9-11H,3-4,8H2,1-2H3,(H,18,21)(H,19,20). The van der Waals surface area contributed by atoms with Gasteiger partial charge in [-0.3, -0.25) is 9.59 Å². The Kier molecular flexibility index (Phi) is 5.72. The highest BCUT2D eigenvalue weighted by molar-refractivity contribution is 7.08. The first-order chi connectivity index (χ1) is 10.6. The van der Waals surface area contributed by atoms with Crippen LogP contribution in [0.1, 0.15) is 34.3 Å². The molecule has 0 aliphatic rings. The molecule has 0 atom stereocenters. The summed E-state index contributed by atoms with van der Waals surface area (Å²) >= 11 is 1.49. The molecule has 0 aliphatic carbocycles. The van der Waals surface area contributed by atoms with Crippen molar-refractivity contribution in [2.75, 3.05) is 11.9 Å². The summed E-state index contributed by atoms with van der Waals surface area (Å²) in [7, 11) is 0. The Morgan fingerprint density at radius 1 is 1.18 bits per heavy atom. The van der Waals surface area contributed by atoms with Gasteiger partial charge >= 0.3 is 0 Å². The molecule has 1 aromatic carbocycles. The van der Waals surface area contributed by atoms with E-state index in [4.69, 9.17) is 0 Å². The molecule has 0 spiro atoms. The molecule has 0 aliphatic heterocycles. The van der Waals surface area contributed by atoms with Gasteiger partial charge in [0, 0.05) is 29.6 Å². The van der Waals surface area contributed by atoms with E-state index in [0.29, 0.717) is 24.9 Å². The van der Waals surface area contributed by atoms with Crippen LogP contribution in [-0.4, -0.2) is 18.4 Å². The van der Waals surface area contributed by atoms with Gasteiger partial charge in [-0.2, -0.15) is 11.3 Å². The van der Waals surface area contributed by atoms with Gasteiger partial charge in [0.05, 0.1) is 0 Å². The minimum Gasteiger partial charge on any atom is -0.352 e. The largest absolute Gasteiger partial charge is 0.352 e. The van der Waals surface area contributed by atoms with E-state index >= 15 is 0 Å². The van der Waals surface area contributed by atoms with Crippen molar-refractivity contribution in [1.29, 1.82) is 0 Å². The van der Waals surface area contributed by atoms with E-state index in [1.54, 1.807) is 6.07 Å². The number of aryl methyl sites for hydroxylation is 2. The summed E-state index contributed by atoms with van der Waals surface area (Å²) in [5, 5.41) is 9.39. The molecule has 4 nitrogen and oxygen atoms in total. The predicted octanol–water partition coefficient (Wildman–Crippen LogP) is 3.51. The van der Waals surface area contributed by atoms with Gasteiger partial charge in [-0.05, 0) is 43.3 Å². The van der Waals surface area contributed by atoms with E-state index in [1.807, 2.05) is 42.8 Å². The summed E-state index contributed by atoms with van der Waals surface area (Å²) in [6.07, 6.45) is 1.00. The van der Waals surface area contributed by atoms with Gasteiger partial charge < -0.3 is 10.6 Å². The number of nitrogens with one attached hydrogen (secondary N) is 2. The van der Waals surface area contributed by atoms with Crippen molar-refractivity contribution in [1.82, 2.24) is 5.32 Å². The molecule has 2 aromatic rings. The number of hydrogen-bond donors (Lipinski definition) is 2. The molecule has 0 saturated carbocycles. The van der Waals surface area contributed by atoms with Gasteiger partial charge in [0.2, 0.25) is 5.91 Å². The van der Waals surface area contributed by atoms with Crippen molar-refractivity contribution in [3.05, 3.63) is 51.7 Å². The molecule has 0 bridgehead atoms. The minimum atomic E-state index is -0.0870. The van der Waals surface area contributed by atoms with Gasteiger partial charge in [-0.25, -0.2) is 0 Å². The molecule has 22 heavy (non-hydrogen) atoms. The van der Waals surface area contributed by atoms with Crippen LogP contribution in [0, 0.1) is 13.8 Å². The molecule has 1 aromatic heterocycles. The number of hydrogen-bond acceptors (Lipinski definition) is 3. The van der Waals surface area contributed by atoms with Crippen LogP contribution in [0.15, 0.2) is 35.0 Å². The zero-order valence-corrected chi connectivity index (χ0v) is 13.6. The maximum Gasteiger partial charge on any atom is 0.252 e. The van der Waals surface area contributed by atoms with Crippen molar-refractivity contribution in [3.63, 3.8) is 0 Å². The third kappa shape index (κ3) is 4.70. The smallest absolute Gasteiger partial charge is 0.252 e. The van der Waals surface area contributed by atoms with Crippen molar-refractivity contribution >= 4 is 28.8 Å². The number of thiophene rings is 1. The minimum absolute atomic E-state index is 0.0308. The fourth-order valence-corrected chi connectivity index (χ4v) is 2.75. The summed E-state index contributed by atoms with van der Waals surface area (Å²) in [6.45, 7) is 4.49. The lowest BCUT2D eigenvalue weighted by molar-refractivity contribution is -0.116. The van der Waals surface area contributed by atoms with Gasteiger partial charge in [0.15, 0.2) is 0 Å². The number of benzene rings is 1. The summed E-state index contributed by atoms with van der Waals surface area (Å²) in [5.74, 6) is -0.118. The summed E-state index contributed by atoms with van der Waals surface area (Å²) in [5.41, 5.74) is 3.74. The van der Waals surface area contributed by atoms with Crippen LogP contribution in [0.3, 0.4) is 0 Å². The molecule has 116 valence electrons. The highest BCUT2D eigenvalue weighted by Gasteiger charge is 2.07. The zero-order chi connectivity index (χ0) is 15.9. The van der Waals surface area contributed by atoms with E-state index in [-0.39, 0.29) is 11.8 Å². The normalized spacial score (nSPS) is 10.3. The number of carbonyl (C=O) groups is 2. The fourth-order valence-electron chi connectivity index (χ4n) is 2.11. The third-order valence-electron chi connectivity index (χ3n) is 3.31. The first-order valence-corrected chi connectivity index (χ1v) is 8.18. The van der Waals surface area contributed by atoms with Crippen molar-refractivity contribution < 1.29 is 9.59 Å². The summed E-state index contributed by atoms with van der Waals surface area (Å²) < 4.78 is 0. The summed E-state index contributed by atoms with van der Waals surface area (Å²) in [6, 6.07) is 7.72. The Morgan fingerprint density at radius 2 is 2.00 bits per heavy atom. The molecular weight excluding hydrogens is 296 g/mol. The van der Waals surface area contributed by atoms with Crippen molar-refractivity contribution in [3.8, 4) is 0 Å². The lowest BCUT2D eigenvalue weighted by atomic mass is 10.1. The molecule has 2 N–H and O–H groups in total. The average molecular weight is 316 g/mol. The van der Waals surface area contributed by atoms with Gasteiger partial charge in [0.1, 0.15) is 0 Å². The number of rotatable bonds is 6. The molecule has 1 heterocycles. The Hall–Kier alpha value is -2.14. The highest BCUT2D eigenvalue weighted by atomic mass is 32.1. The Labute approximate surface area is 134 Å². The number of carbonyl (C=O) groups excluding carboxylic acids is 2. The van der Waals surface area contributed by atoms with Crippen LogP contribution in [0.25, 0.3) is 0 Å². The lowest BCUT2D eigenvalue weighted by Crippen LogP contribution is -2.25. The first-order valence-electron chi connectivity index (χ1n) is 7.24. The van der Waals surface area contributed by atoms with Crippen LogP contribution >= 0.6 is 11.3 Å². The number of anilines is 1. The second kappa shape index (κ2) is 7.75. The molecule has 0 radical (unpaired) electrons. The zero-order valence-electron chi connectivity index (χ0n) is 12.8. The SMILES string of the molecule is Cc1ccc(NC(=O)CCCNC(=O)c2ccsc2)c(C)c1. The van der Waals surface area contributed by atoms with Crippen LogP contribution in [-0.2, 0) is 4.79 Å². The second-order valence-electron chi connectivity index (χ2n) is 5.24. The first kappa shape index (κ1) is 16.2. The molecular formula is C17H20N2O2S. The van der Waals surface area contributed by atoms with Crippen LogP contribution < -0.4 is 10.6 Å². The molecule has 2 rings (SSSR count). The Morgan fingerprint density at radius 3 is 2.68 bits per heavy atom. The maximum absolute atomic E-state index is 11.9.